The maximum atomic E-state index is 12.3. The fourth-order valence-electron chi connectivity index (χ4n) is 2.25. The van der Waals surface area contributed by atoms with E-state index in [4.69, 9.17) is 0 Å². The van der Waals surface area contributed by atoms with Crippen molar-refractivity contribution in [1.29, 1.82) is 0 Å². The van der Waals surface area contributed by atoms with Gasteiger partial charge in [0.05, 0.1) is 5.56 Å². The first-order valence-electron chi connectivity index (χ1n) is 7.35. The van der Waals surface area contributed by atoms with Crippen molar-refractivity contribution in [1.82, 2.24) is 0 Å². The molecule has 0 heterocycles. The van der Waals surface area contributed by atoms with E-state index < -0.39 is 0 Å². The number of carbonyl (C=O) groups is 2. The van der Waals surface area contributed by atoms with Gasteiger partial charge in [-0.15, -0.1) is 0 Å². The lowest BCUT2D eigenvalue weighted by atomic mass is 9.96. The maximum Gasteiger partial charge on any atom is 0.418 e. The second-order valence-electron chi connectivity index (χ2n) is 5.35. The van der Waals surface area contributed by atoms with Gasteiger partial charge in [0.25, 0.3) is 0 Å². The number of ketones is 1. The Balaban J connectivity index is 2.27. The van der Waals surface area contributed by atoms with Crippen molar-refractivity contribution in [2.45, 2.75) is 26.7 Å². The van der Waals surface area contributed by atoms with Crippen LogP contribution in [0.15, 0.2) is 65.8 Å². The second kappa shape index (κ2) is 7.46. The zero-order chi connectivity index (χ0) is 15.9. The number of allylic oxidation sites excluding steroid dienone is 6. The number of carbonyl (C=O) groups excluding carboxylic acids is 2. The highest BCUT2D eigenvalue weighted by atomic mass is 16.1. The van der Waals surface area contributed by atoms with E-state index in [2.05, 4.69) is 4.99 Å². The Morgan fingerprint density at radius 3 is 2.32 bits per heavy atom. The minimum atomic E-state index is -0.132. The smallest absolute Gasteiger partial charge is 0.300 e. The lowest BCUT2D eigenvalue weighted by Crippen LogP contribution is -2.77. The molecule has 1 amide bonds. The van der Waals surface area contributed by atoms with Crippen LogP contribution in [0.25, 0.3) is 0 Å². The molecule has 0 spiro atoms. The van der Waals surface area contributed by atoms with Crippen LogP contribution in [0, 0.1) is 0 Å². The molecular weight excluding hydrogens is 274 g/mol. The van der Waals surface area contributed by atoms with Crippen LogP contribution in [0.2, 0.25) is 0 Å². The van der Waals surface area contributed by atoms with Crippen LogP contribution < -0.4 is 4.99 Å². The SMILES string of the molecule is CC(=O)CC/C(C)=C1\C=CC=CC1=[NH+]C(=O)c1ccccc1. The van der Waals surface area contributed by atoms with Gasteiger partial charge in [-0.05, 0) is 38.5 Å². The average molecular weight is 294 g/mol. The molecule has 1 aliphatic rings. The molecule has 0 atom stereocenters. The van der Waals surface area contributed by atoms with Crippen molar-refractivity contribution in [2.24, 2.45) is 0 Å². The van der Waals surface area contributed by atoms with Crippen LogP contribution in [-0.4, -0.2) is 17.4 Å². The third-order valence-corrected chi connectivity index (χ3v) is 3.52. The Bertz CT molecular complexity index is 691. The highest BCUT2D eigenvalue weighted by Crippen LogP contribution is 2.15. The van der Waals surface area contributed by atoms with E-state index in [1.54, 1.807) is 19.1 Å². The Morgan fingerprint density at radius 2 is 1.64 bits per heavy atom. The molecule has 2 rings (SSSR count). The third-order valence-electron chi connectivity index (χ3n) is 3.52. The van der Waals surface area contributed by atoms with Crippen molar-refractivity contribution in [2.75, 3.05) is 0 Å². The van der Waals surface area contributed by atoms with Gasteiger partial charge in [0.2, 0.25) is 5.71 Å². The molecular formula is C19H20NO2+. The number of Topliss-reactive ketones (excluding diaryl/α,β-unsaturated/α-hetero) is 1. The quantitative estimate of drug-likeness (QED) is 0.925. The topological polar surface area (TPSA) is 48.1 Å². The molecule has 0 saturated heterocycles. The monoisotopic (exact) mass is 294 g/mol. The molecule has 1 aromatic carbocycles. The molecule has 22 heavy (non-hydrogen) atoms. The van der Waals surface area contributed by atoms with Gasteiger partial charge in [0.15, 0.2) is 0 Å². The highest BCUT2D eigenvalue weighted by molar-refractivity contribution is 6.10. The standard InChI is InChI=1S/C19H19NO2/c1-14(12-13-15(2)21)17-10-6-7-11-18(17)20-19(22)16-8-4-3-5-9-16/h3-11H,12-13H2,1-2H3/p+1/b17-14+,20-18?. The summed E-state index contributed by atoms with van der Waals surface area (Å²) in [6.45, 7) is 3.59. The Morgan fingerprint density at radius 1 is 0.955 bits per heavy atom. The summed E-state index contributed by atoms with van der Waals surface area (Å²) in [6, 6.07) is 9.12. The first-order valence-corrected chi connectivity index (χ1v) is 7.35. The molecule has 0 saturated carbocycles. The van der Waals surface area contributed by atoms with E-state index in [-0.39, 0.29) is 11.7 Å². The molecule has 0 fully saturated rings. The first kappa shape index (κ1) is 15.8. The van der Waals surface area contributed by atoms with Crippen LogP contribution in [0.4, 0.5) is 0 Å². The van der Waals surface area contributed by atoms with E-state index in [0.717, 1.165) is 16.9 Å². The normalized spacial score (nSPS) is 17.6. The van der Waals surface area contributed by atoms with Crippen LogP contribution in [-0.2, 0) is 4.79 Å². The number of rotatable bonds is 4. The zero-order valence-electron chi connectivity index (χ0n) is 12.9. The van der Waals surface area contributed by atoms with Gasteiger partial charge in [0.1, 0.15) is 5.78 Å². The number of benzene rings is 1. The second-order valence-corrected chi connectivity index (χ2v) is 5.35. The lowest BCUT2D eigenvalue weighted by Gasteiger charge is -2.07. The Labute approximate surface area is 130 Å². The Hall–Kier alpha value is -2.55. The number of hydrogen-bond acceptors (Lipinski definition) is 2. The molecule has 0 bridgehead atoms. The molecule has 0 unspecified atom stereocenters. The van der Waals surface area contributed by atoms with Crippen molar-refractivity contribution in [3.05, 3.63) is 71.3 Å². The number of hydrogen-bond donors (Lipinski definition) is 1. The van der Waals surface area contributed by atoms with E-state index in [9.17, 15) is 9.59 Å². The Kier molecular flexibility index (Phi) is 5.37. The zero-order valence-corrected chi connectivity index (χ0v) is 12.9. The molecule has 112 valence electrons. The van der Waals surface area contributed by atoms with Gasteiger partial charge in [-0.3, -0.25) is 0 Å². The molecule has 1 aliphatic carbocycles. The van der Waals surface area contributed by atoms with Crippen LogP contribution in [0.3, 0.4) is 0 Å². The number of amides is 1. The van der Waals surface area contributed by atoms with E-state index in [0.29, 0.717) is 18.4 Å². The molecule has 0 radical (unpaired) electrons. The summed E-state index contributed by atoms with van der Waals surface area (Å²) in [4.78, 5) is 26.4. The summed E-state index contributed by atoms with van der Waals surface area (Å²) in [7, 11) is 0. The molecule has 1 aromatic rings. The summed E-state index contributed by atoms with van der Waals surface area (Å²) in [5, 5.41) is 0. The predicted octanol–water partition coefficient (Wildman–Crippen LogP) is 2.16. The molecule has 1 N–H and O–H groups in total. The molecule has 3 heteroatoms. The summed E-state index contributed by atoms with van der Waals surface area (Å²) in [6.07, 6.45) is 8.90. The van der Waals surface area contributed by atoms with Gasteiger partial charge in [0, 0.05) is 18.1 Å². The highest BCUT2D eigenvalue weighted by Gasteiger charge is 2.18. The molecule has 3 nitrogen and oxygen atoms in total. The van der Waals surface area contributed by atoms with Crippen molar-refractivity contribution in [3.8, 4) is 0 Å². The number of nitrogens with one attached hydrogen (secondary N) is 1. The van der Waals surface area contributed by atoms with Crippen molar-refractivity contribution < 1.29 is 14.6 Å². The van der Waals surface area contributed by atoms with Crippen LogP contribution >= 0.6 is 0 Å². The fourth-order valence-corrected chi connectivity index (χ4v) is 2.25. The van der Waals surface area contributed by atoms with Crippen LogP contribution in [0.5, 0.6) is 0 Å². The van der Waals surface area contributed by atoms with Gasteiger partial charge in [-0.2, -0.15) is 4.99 Å². The minimum absolute atomic E-state index is 0.132. The average Bonchev–Trinajstić information content (AvgIpc) is 2.54. The van der Waals surface area contributed by atoms with Gasteiger partial charge in [-0.1, -0.05) is 35.9 Å². The summed E-state index contributed by atoms with van der Waals surface area (Å²) >= 11 is 0. The van der Waals surface area contributed by atoms with Crippen molar-refractivity contribution >= 4 is 17.4 Å². The third kappa shape index (κ3) is 4.22. The summed E-state index contributed by atoms with van der Waals surface area (Å²) < 4.78 is 0. The van der Waals surface area contributed by atoms with E-state index >= 15 is 0 Å². The van der Waals surface area contributed by atoms with Crippen molar-refractivity contribution in [3.63, 3.8) is 0 Å². The summed E-state index contributed by atoms with van der Waals surface area (Å²) in [5.74, 6) is 0.0394. The van der Waals surface area contributed by atoms with E-state index in [1.165, 1.54) is 0 Å². The maximum absolute atomic E-state index is 12.3. The first-order chi connectivity index (χ1) is 10.6. The predicted molar refractivity (Wildman–Crippen MR) is 87.6 cm³/mol. The van der Waals surface area contributed by atoms with Gasteiger partial charge >= 0.3 is 5.91 Å². The van der Waals surface area contributed by atoms with Gasteiger partial charge < -0.3 is 4.79 Å². The largest absolute Gasteiger partial charge is 0.418 e. The van der Waals surface area contributed by atoms with Crippen LogP contribution in [0.1, 0.15) is 37.0 Å². The van der Waals surface area contributed by atoms with Gasteiger partial charge in [-0.25, -0.2) is 4.79 Å². The lowest BCUT2D eigenvalue weighted by molar-refractivity contribution is -0.343. The molecule has 0 aromatic heterocycles. The van der Waals surface area contributed by atoms with E-state index in [1.807, 2.05) is 49.4 Å². The molecule has 0 aliphatic heterocycles. The fraction of sp³-hybridized carbons (Fsp3) is 0.211. The minimum Gasteiger partial charge on any atom is -0.300 e. The summed E-state index contributed by atoms with van der Waals surface area (Å²) in [5.41, 5.74) is 3.48.